The number of benzene rings is 1. The number of carbonyl (C=O) groups is 3. The quantitative estimate of drug-likeness (QED) is 0.552. The Balaban J connectivity index is 3.38. The van der Waals surface area contributed by atoms with Crippen LogP contribution in [0.25, 0.3) is 0 Å². The monoisotopic (exact) mass is 461 g/mol. The lowest BCUT2D eigenvalue weighted by Crippen LogP contribution is -2.55. The van der Waals surface area contributed by atoms with Gasteiger partial charge in [0, 0.05) is 12.1 Å². The third-order valence-corrected chi connectivity index (χ3v) is 4.62. The fourth-order valence-corrected chi connectivity index (χ4v) is 3.50. The summed E-state index contributed by atoms with van der Waals surface area (Å²) in [7, 11) is 0. The molecule has 2 atom stereocenters. The average Bonchev–Trinajstić information content (AvgIpc) is 2.64. The number of nitrogens with one attached hydrogen (secondary N) is 2. The third kappa shape index (κ3) is 10.3. The Labute approximate surface area is 199 Å². The summed E-state index contributed by atoms with van der Waals surface area (Å²) in [6.45, 7) is 17.4. The van der Waals surface area contributed by atoms with E-state index in [4.69, 9.17) is 4.74 Å². The number of amides is 3. The van der Waals surface area contributed by atoms with E-state index in [1.807, 2.05) is 71.9 Å². The molecule has 0 aliphatic rings. The minimum atomic E-state index is -0.812. The Kier molecular flexibility index (Phi) is 10.4. The lowest BCUT2D eigenvalue weighted by molar-refractivity contribution is -0.143. The molecule has 0 aliphatic carbocycles. The van der Waals surface area contributed by atoms with Crippen LogP contribution in [0.3, 0.4) is 0 Å². The van der Waals surface area contributed by atoms with Gasteiger partial charge >= 0.3 is 6.09 Å². The minimum absolute atomic E-state index is 0.149. The molecule has 3 amide bonds. The van der Waals surface area contributed by atoms with Gasteiger partial charge in [-0.1, -0.05) is 51.1 Å². The molecule has 186 valence electrons. The zero-order chi connectivity index (χ0) is 25.4. The first-order valence-electron chi connectivity index (χ1n) is 11.8. The predicted molar refractivity (Wildman–Crippen MR) is 132 cm³/mol. The molecule has 0 saturated carbocycles. The van der Waals surface area contributed by atoms with Crippen LogP contribution in [-0.4, -0.2) is 46.5 Å². The number of ether oxygens (including phenoxy) is 1. The number of nitrogens with zero attached hydrogens (tertiary/aromatic N) is 1. The highest BCUT2D eigenvalue weighted by Gasteiger charge is 2.37. The fraction of sp³-hybridized carbons (Fsp3) is 0.654. The molecule has 2 N–H and O–H groups in total. The molecule has 1 aromatic carbocycles. The van der Waals surface area contributed by atoms with E-state index in [1.54, 1.807) is 25.7 Å². The molecule has 0 saturated heterocycles. The lowest BCUT2D eigenvalue weighted by Gasteiger charge is -2.36. The summed E-state index contributed by atoms with van der Waals surface area (Å²) in [6, 6.07) is 7.66. The molecule has 0 aromatic heterocycles. The predicted octanol–water partition coefficient (Wildman–Crippen LogP) is 4.82. The molecular formula is C26H43N3O4. The standard InChI is InChI=1S/C26H43N3O4/c1-10-16-29(21(19-14-12-11-13-15-19)22(30)28-25(4,5)6)23(31)20(17-18(2)3)27-24(32)33-26(7,8)9/h11-15,18,20-21H,10,16-17H2,1-9H3,(H,27,32)(H,28,30). The van der Waals surface area contributed by atoms with Gasteiger partial charge in [-0.3, -0.25) is 9.59 Å². The van der Waals surface area contributed by atoms with Gasteiger partial charge < -0.3 is 20.3 Å². The van der Waals surface area contributed by atoms with Gasteiger partial charge in [0.05, 0.1) is 0 Å². The largest absolute Gasteiger partial charge is 0.444 e. The molecule has 0 fully saturated rings. The summed E-state index contributed by atoms with van der Waals surface area (Å²) in [6.07, 6.45) is 0.452. The van der Waals surface area contributed by atoms with Crippen molar-refractivity contribution in [1.82, 2.24) is 15.5 Å². The van der Waals surface area contributed by atoms with Crippen molar-refractivity contribution in [3.63, 3.8) is 0 Å². The Morgan fingerprint density at radius 1 is 1.00 bits per heavy atom. The van der Waals surface area contributed by atoms with Crippen LogP contribution in [0.4, 0.5) is 4.79 Å². The zero-order valence-electron chi connectivity index (χ0n) is 21.8. The smallest absolute Gasteiger partial charge is 0.408 e. The van der Waals surface area contributed by atoms with E-state index in [0.717, 1.165) is 5.56 Å². The van der Waals surface area contributed by atoms with E-state index in [1.165, 1.54) is 0 Å². The summed E-state index contributed by atoms with van der Waals surface area (Å²) in [5, 5.41) is 5.77. The summed E-state index contributed by atoms with van der Waals surface area (Å²) in [4.78, 5) is 41.3. The second-order valence-electron chi connectivity index (χ2n) is 10.9. The van der Waals surface area contributed by atoms with E-state index in [2.05, 4.69) is 10.6 Å². The van der Waals surface area contributed by atoms with Gasteiger partial charge in [0.1, 0.15) is 17.7 Å². The highest BCUT2D eigenvalue weighted by molar-refractivity contribution is 5.92. The number of hydrogen-bond acceptors (Lipinski definition) is 4. The van der Waals surface area contributed by atoms with E-state index >= 15 is 0 Å². The molecule has 7 nitrogen and oxygen atoms in total. The van der Waals surface area contributed by atoms with Gasteiger partial charge in [-0.25, -0.2) is 4.79 Å². The van der Waals surface area contributed by atoms with Gasteiger partial charge in [-0.15, -0.1) is 0 Å². The summed E-state index contributed by atoms with van der Waals surface area (Å²) in [5.74, 6) is -0.402. The molecule has 1 rings (SSSR count). The van der Waals surface area contributed by atoms with Gasteiger partial charge in [0.15, 0.2) is 0 Å². The van der Waals surface area contributed by atoms with E-state index in [-0.39, 0.29) is 17.7 Å². The Hall–Kier alpha value is -2.57. The number of alkyl carbamates (subject to hydrolysis) is 1. The van der Waals surface area contributed by atoms with Crippen LogP contribution in [0.2, 0.25) is 0 Å². The third-order valence-electron chi connectivity index (χ3n) is 4.62. The molecule has 0 heterocycles. The van der Waals surface area contributed by atoms with Crippen molar-refractivity contribution in [3.8, 4) is 0 Å². The minimum Gasteiger partial charge on any atom is -0.444 e. The first kappa shape index (κ1) is 28.5. The summed E-state index contributed by atoms with van der Waals surface area (Å²) < 4.78 is 5.40. The van der Waals surface area contributed by atoms with E-state index in [0.29, 0.717) is 19.4 Å². The van der Waals surface area contributed by atoms with Crippen LogP contribution in [0.5, 0.6) is 0 Å². The molecule has 7 heteroatoms. The molecular weight excluding hydrogens is 418 g/mol. The summed E-state index contributed by atoms with van der Waals surface area (Å²) in [5.41, 5.74) is -0.420. The average molecular weight is 462 g/mol. The number of carbonyl (C=O) groups excluding carboxylic acids is 3. The molecule has 0 spiro atoms. The highest BCUT2D eigenvalue weighted by atomic mass is 16.6. The molecule has 0 aliphatic heterocycles. The normalized spacial score (nSPS) is 13.8. The van der Waals surface area contributed by atoms with Crippen LogP contribution < -0.4 is 10.6 Å². The van der Waals surface area contributed by atoms with Crippen molar-refractivity contribution in [2.75, 3.05) is 6.54 Å². The fourth-order valence-electron chi connectivity index (χ4n) is 3.50. The molecule has 0 radical (unpaired) electrons. The van der Waals surface area contributed by atoms with E-state index < -0.39 is 29.3 Å². The topological polar surface area (TPSA) is 87.7 Å². The first-order valence-corrected chi connectivity index (χ1v) is 11.8. The maximum Gasteiger partial charge on any atom is 0.408 e. The van der Waals surface area contributed by atoms with Crippen molar-refractivity contribution in [1.29, 1.82) is 0 Å². The first-order chi connectivity index (χ1) is 15.1. The maximum absolute atomic E-state index is 13.8. The van der Waals surface area contributed by atoms with Crippen molar-refractivity contribution in [2.45, 2.75) is 98.4 Å². The van der Waals surface area contributed by atoms with Gasteiger partial charge in [-0.05, 0) is 65.9 Å². The van der Waals surface area contributed by atoms with Gasteiger partial charge in [-0.2, -0.15) is 0 Å². The molecule has 2 unspecified atom stereocenters. The van der Waals surface area contributed by atoms with E-state index in [9.17, 15) is 14.4 Å². The number of hydrogen-bond donors (Lipinski definition) is 2. The number of rotatable bonds is 9. The molecule has 33 heavy (non-hydrogen) atoms. The maximum atomic E-state index is 13.8. The van der Waals surface area contributed by atoms with Gasteiger partial charge in [0.25, 0.3) is 0 Å². The van der Waals surface area contributed by atoms with Crippen LogP contribution in [0, 0.1) is 5.92 Å². The molecule has 1 aromatic rings. The van der Waals surface area contributed by atoms with Crippen molar-refractivity contribution >= 4 is 17.9 Å². The van der Waals surface area contributed by atoms with Crippen LogP contribution >= 0.6 is 0 Å². The second-order valence-corrected chi connectivity index (χ2v) is 10.9. The van der Waals surface area contributed by atoms with Gasteiger partial charge in [0.2, 0.25) is 11.8 Å². The summed E-state index contributed by atoms with van der Waals surface area (Å²) >= 11 is 0. The Morgan fingerprint density at radius 3 is 2.03 bits per heavy atom. The van der Waals surface area contributed by atoms with Crippen LogP contribution in [0.15, 0.2) is 30.3 Å². The Bertz CT molecular complexity index is 779. The Morgan fingerprint density at radius 2 is 1.58 bits per heavy atom. The highest BCUT2D eigenvalue weighted by Crippen LogP contribution is 2.25. The van der Waals surface area contributed by atoms with Crippen LogP contribution in [-0.2, 0) is 14.3 Å². The zero-order valence-corrected chi connectivity index (χ0v) is 21.8. The van der Waals surface area contributed by atoms with Crippen LogP contribution in [0.1, 0.15) is 86.8 Å². The van der Waals surface area contributed by atoms with Crippen molar-refractivity contribution < 1.29 is 19.1 Å². The SMILES string of the molecule is CCCN(C(=O)C(CC(C)C)NC(=O)OC(C)(C)C)C(C(=O)NC(C)(C)C)c1ccccc1. The lowest BCUT2D eigenvalue weighted by atomic mass is 9.98. The van der Waals surface area contributed by atoms with Crippen molar-refractivity contribution in [3.05, 3.63) is 35.9 Å². The molecule has 0 bridgehead atoms. The second kappa shape index (κ2) is 12.1. The van der Waals surface area contributed by atoms with Crippen molar-refractivity contribution in [2.24, 2.45) is 5.92 Å².